The number of hydrogen-bond donors (Lipinski definition) is 2. The minimum absolute atomic E-state index is 0.192. The van der Waals surface area contributed by atoms with E-state index in [1.807, 2.05) is 55.5 Å². The van der Waals surface area contributed by atoms with Crippen molar-refractivity contribution in [3.63, 3.8) is 0 Å². The minimum Gasteiger partial charge on any atom is -0.493 e. The molecule has 10 nitrogen and oxygen atoms in total. The van der Waals surface area contributed by atoms with Crippen molar-refractivity contribution in [1.29, 1.82) is 0 Å². The molecular formula is C31H35N5O5. The van der Waals surface area contributed by atoms with Crippen LogP contribution >= 0.6 is 0 Å². The lowest BCUT2D eigenvalue weighted by molar-refractivity contribution is -0.116. The maximum atomic E-state index is 12.2. The number of aromatic nitrogens is 2. The Bertz CT molecular complexity index is 1480. The van der Waals surface area contributed by atoms with Crippen LogP contribution in [0.15, 0.2) is 65.4 Å². The summed E-state index contributed by atoms with van der Waals surface area (Å²) in [4.78, 5) is 23.4. The number of carbonyl (C=O) groups excluding carboxylic acids is 1. The maximum absolute atomic E-state index is 12.2. The van der Waals surface area contributed by atoms with E-state index in [9.17, 15) is 4.79 Å². The van der Waals surface area contributed by atoms with E-state index in [1.165, 1.54) is 12.4 Å². The number of nitrogens with one attached hydrogen (secondary N) is 2. The summed E-state index contributed by atoms with van der Waals surface area (Å²) in [7, 11) is 1.63. The van der Waals surface area contributed by atoms with Crippen molar-refractivity contribution >= 4 is 34.4 Å². The minimum atomic E-state index is -0.192. The average Bonchev–Trinajstić information content (AvgIpc) is 3.43. The van der Waals surface area contributed by atoms with Crippen LogP contribution in [0.2, 0.25) is 0 Å². The fourth-order valence-electron chi connectivity index (χ4n) is 4.53. The van der Waals surface area contributed by atoms with E-state index in [0.29, 0.717) is 30.5 Å². The molecule has 0 unspecified atom stereocenters. The molecule has 0 atom stereocenters. The summed E-state index contributed by atoms with van der Waals surface area (Å²) in [5.74, 6) is 3.29. The van der Waals surface area contributed by atoms with E-state index < -0.39 is 0 Å². The van der Waals surface area contributed by atoms with Gasteiger partial charge in [-0.15, -0.1) is 0 Å². The number of furan rings is 1. The van der Waals surface area contributed by atoms with Crippen molar-refractivity contribution in [3.05, 3.63) is 78.0 Å². The molecule has 1 aliphatic rings. The third-order valence-corrected chi connectivity index (χ3v) is 6.73. The van der Waals surface area contributed by atoms with Gasteiger partial charge in [0.2, 0.25) is 5.91 Å². The number of ether oxygens (including phenoxy) is 3. The van der Waals surface area contributed by atoms with Crippen molar-refractivity contribution in [2.24, 2.45) is 0 Å². The second kappa shape index (κ2) is 13.8. The largest absolute Gasteiger partial charge is 0.493 e. The number of fused-ring (bicyclic) bond motifs is 1. The van der Waals surface area contributed by atoms with E-state index in [1.54, 1.807) is 13.2 Å². The monoisotopic (exact) mass is 557 g/mol. The topological polar surface area (TPSA) is 111 Å². The van der Waals surface area contributed by atoms with Crippen LogP contribution < -0.4 is 20.1 Å². The quantitative estimate of drug-likeness (QED) is 0.189. The first-order chi connectivity index (χ1) is 20.1. The molecule has 0 bridgehead atoms. The second-order valence-electron chi connectivity index (χ2n) is 9.71. The van der Waals surface area contributed by atoms with Gasteiger partial charge in [-0.05, 0) is 55.3 Å². The molecule has 0 spiro atoms. The molecule has 1 fully saturated rings. The highest BCUT2D eigenvalue weighted by molar-refractivity contribution is 5.93. The summed E-state index contributed by atoms with van der Waals surface area (Å²) in [6.07, 6.45) is 5.71. The molecule has 41 heavy (non-hydrogen) atoms. The van der Waals surface area contributed by atoms with Crippen LogP contribution in [0.5, 0.6) is 11.5 Å². The number of methoxy groups -OCH3 is 1. The number of aryl methyl sites for hydroxylation is 1. The molecule has 0 radical (unpaired) electrons. The summed E-state index contributed by atoms with van der Waals surface area (Å²) in [5.41, 5.74) is 2.49. The Hall–Kier alpha value is -4.41. The predicted molar refractivity (Wildman–Crippen MR) is 158 cm³/mol. The van der Waals surface area contributed by atoms with Crippen LogP contribution in [0.25, 0.3) is 17.0 Å². The highest BCUT2D eigenvalue weighted by atomic mass is 16.5. The molecule has 1 saturated heterocycles. The van der Waals surface area contributed by atoms with Crippen LogP contribution in [0.3, 0.4) is 0 Å². The summed E-state index contributed by atoms with van der Waals surface area (Å²) in [5, 5.41) is 6.99. The molecule has 10 heteroatoms. The third kappa shape index (κ3) is 7.84. The van der Waals surface area contributed by atoms with Crippen molar-refractivity contribution in [1.82, 2.24) is 20.2 Å². The zero-order chi connectivity index (χ0) is 28.4. The second-order valence-corrected chi connectivity index (χ2v) is 9.71. The fourth-order valence-corrected chi connectivity index (χ4v) is 4.53. The Balaban J connectivity index is 1.18. The van der Waals surface area contributed by atoms with Crippen LogP contribution in [-0.4, -0.2) is 67.3 Å². The summed E-state index contributed by atoms with van der Waals surface area (Å²) < 4.78 is 22.6. The molecular weight excluding hydrogens is 522 g/mol. The Morgan fingerprint density at radius 1 is 1.07 bits per heavy atom. The smallest absolute Gasteiger partial charge is 0.244 e. The van der Waals surface area contributed by atoms with Crippen LogP contribution in [-0.2, 0) is 16.1 Å². The fraction of sp³-hybridized carbons (Fsp3) is 0.323. The number of hydrogen-bond acceptors (Lipinski definition) is 9. The van der Waals surface area contributed by atoms with Gasteiger partial charge in [-0.25, -0.2) is 9.97 Å². The van der Waals surface area contributed by atoms with E-state index in [-0.39, 0.29) is 5.91 Å². The highest BCUT2D eigenvalue weighted by Gasteiger charge is 2.13. The molecule has 3 heterocycles. The first-order valence-corrected chi connectivity index (χ1v) is 13.7. The SMILES string of the molecule is COc1cc2c(Nc3ccc(/C=C/C(=O)NCc4ccc(C)o4)cc3)ncnc2cc1OCCCN1CCOCC1. The molecule has 4 aromatic rings. The lowest BCUT2D eigenvalue weighted by Gasteiger charge is -2.26. The van der Waals surface area contributed by atoms with Gasteiger partial charge in [-0.3, -0.25) is 9.69 Å². The Morgan fingerprint density at radius 2 is 1.90 bits per heavy atom. The van der Waals surface area contributed by atoms with E-state index >= 15 is 0 Å². The Morgan fingerprint density at radius 3 is 2.66 bits per heavy atom. The highest BCUT2D eigenvalue weighted by Crippen LogP contribution is 2.34. The first kappa shape index (κ1) is 28.1. The van der Waals surface area contributed by atoms with Gasteiger partial charge in [0.1, 0.15) is 23.7 Å². The summed E-state index contributed by atoms with van der Waals surface area (Å²) in [6, 6.07) is 15.2. The van der Waals surface area contributed by atoms with Gasteiger partial charge in [0, 0.05) is 42.9 Å². The molecule has 2 aromatic heterocycles. The number of amides is 1. The lowest BCUT2D eigenvalue weighted by atomic mass is 10.1. The van der Waals surface area contributed by atoms with Crippen LogP contribution in [0.4, 0.5) is 11.5 Å². The van der Waals surface area contributed by atoms with E-state index in [0.717, 1.165) is 72.9 Å². The molecule has 2 N–H and O–H groups in total. The van der Waals surface area contributed by atoms with E-state index in [4.69, 9.17) is 18.6 Å². The molecule has 1 amide bonds. The van der Waals surface area contributed by atoms with Gasteiger partial charge in [-0.2, -0.15) is 0 Å². The van der Waals surface area contributed by atoms with Crippen molar-refractivity contribution in [2.75, 3.05) is 51.9 Å². The molecule has 0 aliphatic carbocycles. The number of benzene rings is 2. The molecule has 1 aliphatic heterocycles. The zero-order valence-electron chi connectivity index (χ0n) is 23.4. The first-order valence-electron chi connectivity index (χ1n) is 13.7. The molecule has 214 valence electrons. The van der Waals surface area contributed by atoms with E-state index in [2.05, 4.69) is 25.5 Å². The standard InChI is InChI=1S/C31H35N5O5/c1-22-4-10-25(41-22)20-32-30(37)11-7-23-5-8-24(9-6-23)35-31-26-18-28(38-2)29(19-27(26)33-21-34-31)40-15-3-12-36-13-16-39-17-14-36/h4-11,18-19,21H,3,12-17,20H2,1-2H3,(H,32,37)(H,33,34,35)/b11-7+. The molecule has 2 aromatic carbocycles. The molecule has 5 rings (SSSR count). The zero-order valence-corrected chi connectivity index (χ0v) is 23.4. The Kier molecular flexibility index (Phi) is 9.45. The maximum Gasteiger partial charge on any atom is 0.244 e. The molecule has 0 saturated carbocycles. The third-order valence-electron chi connectivity index (χ3n) is 6.73. The lowest BCUT2D eigenvalue weighted by Crippen LogP contribution is -2.37. The normalized spacial score (nSPS) is 13.9. The van der Waals surface area contributed by atoms with Crippen LogP contribution in [0, 0.1) is 6.92 Å². The number of anilines is 2. The van der Waals surface area contributed by atoms with Gasteiger partial charge in [0.15, 0.2) is 11.5 Å². The van der Waals surface area contributed by atoms with Crippen molar-refractivity contribution in [3.8, 4) is 11.5 Å². The van der Waals surface area contributed by atoms with Gasteiger partial charge in [0.25, 0.3) is 0 Å². The van der Waals surface area contributed by atoms with Gasteiger partial charge < -0.3 is 29.3 Å². The number of morpholine rings is 1. The predicted octanol–water partition coefficient (Wildman–Crippen LogP) is 4.71. The van der Waals surface area contributed by atoms with Gasteiger partial charge in [-0.1, -0.05) is 12.1 Å². The van der Waals surface area contributed by atoms with Gasteiger partial charge >= 0.3 is 0 Å². The van der Waals surface area contributed by atoms with Gasteiger partial charge in [0.05, 0.1) is 39.0 Å². The summed E-state index contributed by atoms with van der Waals surface area (Å²) in [6.45, 7) is 7.30. The van der Waals surface area contributed by atoms with Crippen LogP contribution in [0.1, 0.15) is 23.5 Å². The summed E-state index contributed by atoms with van der Waals surface area (Å²) >= 11 is 0. The van der Waals surface area contributed by atoms with Crippen molar-refractivity contribution < 1.29 is 23.4 Å². The number of rotatable bonds is 12. The number of carbonyl (C=O) groups is 1. The van der Waals surface area contributed by atoms with Crippen molar-refractivity contribution in [2.45, 2.75) is 19.9 Å². The Labute approximate surface area is 239 Å². The number of nitrogens with zero attached hydrogens (tertiary/aromatic N) is 3. The average molecular weight is 558 g/mol.